The van der Waals surface area contributed by atoms with Gasteiger partial charge < -0.3 is 10.1 Å². The summed E-state index contributed by atoms with van der Waals surface area (Å²) < 4.78 is 6.01. The minimum absolute atomic E-state index is 0.0214. The first kappa shape index (κ1) is 18.2. The number of nitrogens with one attached hydrogen (secondary N) is 1. The van der Waals surface area contributed by atoms with E-state index >= 15 is 0 Å². The second kappa shape index (κ2) is 8.16. The number of rotatable bonds is 7. The molecule has 134 valence electrons. The summed E-state index contributed by atoms with van der Waals surface area (Å²) >= 11 is 0. The molecule has 2 aromatic carbocycles. The maximum atomic E-state index is 6.01. The lowest BCUT2D eigenvalue weighted by atomic mass is 9.68. The molecule has 0 amide bonds. The van der Waals surface area contributed by atoms with E-state index in [0.29, 0.717) is 5.41 Å². The first-order valence-electron chi connectivity index (χ1n) is 9.50. The van der Waals surface area contributed by atoms with E-state index in [0.717, 1.165) is 39.0 Å². The molecular formula is C23H31NO. The van der Waals surface area contributed by atoms with Crippen molar-refractivity contribution in [2.45, 2.75) is 51.7 Å². The first-order valence-corrected chi connectivity index (χ1v) is 9.50. The van der Waals surface area contributed by atoms with Gasteiger partial charge in [0.15, 0.2) is 0 Å². The molecule has 1 unspecified atom stereocenters. The molecule has 1 heterocycles. The zero-order chi connectivity index (χ0) is 17.6. The molecule has 25 heavy (non-hydrogen) atoms. The highest BCUT2D eigenvalue weighted by molar-refractivity contribution is 5.17. The largest absolute Gasteiger partial charge is 0.376 e. The molecule has 0 spiro atoms. The Morgan fingerprint density at radius 2 is 1.56 bits per heavy atom. The summed E-state index contributed by atoms with van der Waals surface area (Å²) in [6.07, 6.45) is 4.62. The van der Waals surface area contributed by atoms with Gasteiger partial charge in [0.2, 0.25) is 0 Å². The van der Waals surface area contributed by atoms with Gasteiger partial charge in [0.1, 0.15) is 0 Å². The van der Waals surface area contributed by atoms with Crippen LogP contribution in [0.25, 0.3) is 0 Å². The summed E-state index contributed by atoms with van der Waals surface area (Å²) in [4.78, 5) is 0. The molecule has 0 radical (unpaired) electrons. The van der Waals surface area contributed by atoms with Crippen molar-refractivity contribution in [1.29, 1.82) is 0 Å². The Morgan fingerprint density at radius 3 is 2.20 bits per heavy atom. The van der Waals surface area contributed by atoms with E-state index in [2.05, 4.69) is 79.8 Å². The quantitative estimate of drug-likeness (QED) is 0.719. The highest BCUT2D eigenvalue weighted by Gasteiger charge is 2.40. The molecule has 0 bridgehead atoms. The van der Waals surface area contributed by atoms with Crippen molar-refractivity contribution in [2.24, 2.45) is 5.41 Å². The minimum atomic E-state index is -0.0214. The molecule has 0 aromatic heterocycles. The van der Waals surface area contributed by atoms with E-state index in [-0.39, 0.29) is 5.60 Å². The fraction of sp³-hybridized carbons (Fsp3) is 0.478. The normalized spacial score (nSPS) is 22.6. The molecule has 1 saturated heterocycles. The van der Waals surface area contributed by atoms with E-state index < -0.39 is 0 Å². The highest BCUT2D eigenvalue weighted by Crippen LogP contribution is 2.43. The van der Waals surface area contributed by atoms with Crippen molar-refractivity contribution in [2.75, 3.05) is 13.2 Å². The fourth-order valence-electron chi connectivity index (χ4n) is 4.25. The van der Waals surface area contributed by atoms with Gasteiger partial charge in [0, 0.05) is 13.2 Å². The molecule has 1 aliphatic rings. The Balaban J connectivity index is 1.62. The third-order valence-corrected chi connectivity index (χ3v) is 5.35. The van der Waals surface area contributed by atoms with Crippen LogP contribution in [0, 0.1) is 5.41 Å². The van der Waals surface area contributed by atoms with Gasteiger partial charge in [0.05, 0.1) is 5.60 Å². The summed E-state index contributed by atoms with van der Waals surface area (Å²) in [6.45, 7) is 7.35. The summed E-state index contributed by atoms with van der Waals surface area (Å²) in [5.74, 6) is 0. The van der Waals surface area contributed by atoms with Crippen LogP contribution in [-0.4, -0.2) is 18.8 Å². The van der Waals surface area contributed by atoms with E-state index in [1.165, 1.54) is 17.5 Å². The van der Waals surface area contributed by atoms with Gasteiger partial charge in [-0.1, -0.05) is 60.7 Å². The van der Waals surface area contributed by atoms with Crippen molar-refractivity contribution in [3.63, 3.8) is 0 Å². The molecule has 1 aliphatic heterocycles. The average Bonchev–Trinajstić information content (AvgIpc) is 2.60. The highest BCUT2D eigenvalue weighted by atomic mass is 16.5. The van der Waals surface area contributed by atoms with Crippen LogP contribution in [0.2, 0.25) is 0 Å². The number of hydrogen-bond acceptors (Lipinski definition) is 2. The van der Waals surface area contributed by atoms with E-state index in [4.69, 9.17) is 4.74 Å². The van der Waals surface area contributed by atoms with Gasteiger partial charge in [-0.15, -0.1) is 0 Å². The van der Waals surface area contributed by atoms with Crippen molar-refractivity contribution in [3.05, 3.63) is 71.8 Å². The topological polar surface area (TPSA) is 21.3 Å². The minimum Gasteiger partial charge on any atom is -0.376 e. The van der Waals surface area contributed by atoms with Crippen LogP contribution < -0.4 is 5.32 Å². The van der Waals surface area contributed by atoms with Gasteiger partial charge >= 0.3 is 0 Å². The smallest absolute Gasteiger partial charge is 0.0631 e. The molecule has 0 saturated carbocycles. The van der Waals surface area contributed by atoms with Crippen LogP contribution >= 0.6 is 0 Å². The lowest BCUT2D eigenvalue weighted by Crippen LogP contribution is -2.43. The summed E-state index contributed by atoms with van der Waals surface area (Å²) in [7, 11) is 0. The van der Waals surface area contributed by atoms with Gasteiger partial charge in [-0.3, -0.25) is 0 Å². The van der Waals surface area contributed by atoms with Gasteiger partial charge in [-0.25, -0.2) is 0 Å². The van der Waals surface area contributed by atoms with Crippen LogP contribution in [0.5, 0.6) is 0 Å². The summed E-state index contributed by atoms with van der Waals surface area (Å²) in [5.41, 5.74) is 3.11. The predicted octanol–water partition coefficient (Wildman–Crippen LogP) is 4.98. The van der Waals surface area contributed by atoms with Crippen LogP contribution in [0.4, 0.5) is 0 Å². The van der Waals surface area contributed by atoms with Crippen molar-refractivity contribution in [3.8, 4) is 0 Å². The molecular weight excluding hydrogens is 306 g/mol. The molecule has 1 fully saturated rings. The van der Waals surface area contributed by atoms with Crippen LogP contribution in [0.15, 0.2) is 60.7 Å². The molecule has 1 N–H and O–H groups in total. The third kappa shape index (κ3) is 5.42. The first-order chi connectivity index (χ1) is 12.1. The van der Waals surface area contributed by atoms with E-state index in [1.54, 1.807) is 0 Å². The van der Waals surface area contributed by atoms with E-state index in [9.17, 15) is 0 Å². The second-order valence-electron chi connectivity index (χ2n) is 8.11. The average molecular weight is 338 g/mol. The Morgan fingerprint density at radius 1 is 0.920 bits per heavy atom. The van der Waals surface area contributed by atoms with Crippen molar-refractivity contribution >= 4 is 0 Å². The zero-order valence-electron chi connectivity index (χ0n) is 15.6. The Labute approximate surface area is 152 Å². The Hall–Kier alpha value is -1.64. The summed E-state index contributed by atoms with van der Waals surface area (Å²) in [6, 6.07) is 21.6. The van der Waals surface area contributed by atoms with Crippen LogP contribution in [0.3, 0.4) is 0 Å². The number of ether oxygens (including phenoxy) is 1. The number of benzene rings is 2. The lowest BCUT2D eigenvalue weighted by molar-refractivity contribution is -0.107. The predicted molar refractivity (Wildman–Crippen MR) is 105 cm³/mol. The fourth-order valence-corrected chi connectivity index (χ4v) is 4.25. The van der Waals surface area contributed by atoms with Crippen LogP contribution in [0.1, 0.15) is 44.2 Å². The SMILES string of the molecule is CC1(C)CC(CCNCc2ccccc2)(Cc2ccccc2)CCO1. The maximum absolute atomic E-state index is 6.01. The zero-order valence-corrected chi connectivity index (χ0v) is 15.6. The lowest BCUT2D eigenvalue weighted by Gasteiger charge is -2.45. The van der Waals surface area contributed by atoms with Crippen molar-refractivity contribution < 1.29 is 4.74 Å². The van der Waals surface area contributed by atoms with Gasteiger partial charge in [-0.2, -0.15) is 0 Å². The Bertz CT molecular complexity index is 638. The Kier molecular flexibility index (Phi) is 5.93. The van der Waals surface area contributed by atoms with Gasteiger partial charge in [-0.05, 0) is 62.6 Å². The maximum Gasteiger partial charge on any atom is 0.0631 e. The third-order valence-electron chi connectivity index (χ3n) is 5.35. The van der Waals surface area contributed by atoms with E-state index in [1.807, 2.05) is 0 Å². The van der Waals surface area contributed by atoms with Crippen LogP contribution in [-0.2, 0) is 17.7 Å². The van der Waals surface area contributed by atoms with Crippen molar-refractivity contribution in [1.82, 2.24) is 5.32 Å². The molecule has 2 aromatic rings. The number of hydrogen-bond donors (Lipinski definition) is 1. The molecule has 0 aliphatic carbocycles. The molecule has 2 heteroatoms. The molecule has 3 rings (SSSR count). The van der Waals surface area contributed by atoms with Gasteiger partial charge in [0.25, 0.3) is 0 Å². The monoisotopic (exact) mass is 337 g/mol. The molecule has 1 atom stereocenters. The second-order valence-corrected chi connectivity index (χ2v) is 8.11. The standard InChI is InChI=1S/C23H31NO/c1-22(2)19-23(14-16-25-22,17-20-9-5-3-6-10-20)13-15-24-18-21-11-7-4-8-12-21/h3-12,24H,13-19H2,1-2H3. The summed E-state index contributed by atoms with van der Waals surface area (Å²) in [5, 5.41) is 3.65. The molecule has 2 nitrogen and oxygen atoms in total.